The molecule has 3 aliphatic rings. The van der Waals surface area contributed by atoms with Gasteiger partial charge in [-0.1, -0.05) is 35.3 Å². The lowest BCUT2D eigenvalue weighted by molar-refractivity contribution is -0.124. The van der Waals surface area contributed by atoms with Crippen LogP contribution in [0.15, 0.2) is 42.5 Å². The number of halogens is 2. The normalized spacial score (nSPS) is 25.3. The van der Waals surface area contributed by atoms with Crippen molar-refractivity contribution >= 4 is 35.0 Å². The number of carbonyl (C=O) groups excluding carboxylic acids is 2. The fraction of sp³-hybridized carbons (Fsp3) is 0.517. The summed E-state index contributed by atoms with van der Waals surface area (Å²) in [5, 5.41) is 4.38. The van der Waals surface area contributed by atoms with Gasteiger partial charge in [0.1, 0.15) is 5.75 Å². The van der Waals surface area contributed by atoms with Crippen LogP contribution in [0.2, 0.25) is 10.0 Å². The molecule has 3 fully saturated rings. The van der Waals surface area contributed by atoms with Gasteiger partial charge in [0.05, 0.1) is 5.56 Å². The Kier molecular flexibility index (Phi) is 8.78. The van der Waals surface area contributed by atoms with Crippen molar-refractivity contribution in [2.24, 2.45) is 11.7 Å². The summed E-state index contributed by atoms with van der Waals surface area (Å²) in [6.45, 7) is 2.63. The van der Waals surface area contributed by atoms with Gasteiger partial charge in [0.15, 0.2) is 6.61 Å². The molecule has 3 saturated heterocycles. The molecule has 3 aliphatic heterocycles. The van der Waals surface area contributed by atoms with Crippen molar-refractivity contribution in [3.63, 3.8) is 0 Å². The third-order valence-corrected chi connectivity index (χ3v) is 8.69. The van der Waals surface area contributed by atoms with Crippen LogP contribution in [0, 0.1) is 5.92 Å². The topological polar surface area (TPSA) is 87.9 Å². The Morgan fingerprint density at radius 1 is 1.00 bits per heavy atom. The molecule has 0 spiro atoms. The minimum atomic E-state index is -0.171. The number of ether oxygens (including phenoxy) is 1. The average Bonchev–Trinajstić information content (AvgIpc) is 3.15. The van der Waals surface area contributed by atoms with Crippen molar-refractivity contribution in [1.82, 2.24) is 15.1 Å². The predicted octanol–water partition coefficient (Wildman–Crippen LogP) is 4.49. The highest BCUT2D eigenvalue weighted by Crippen LogP contribution is 2.37. The van der Waals surface area contributed by atoms with E-state index in [0.29, 0.717) is 54.0 Å². The number of fused-ring (bicyclic) bond motifs is 2. The molecule has 9 heteroatoms. The number of nitrogens with two attached hydrogens (primary N) is 1. The smallest absolute Gasteiger partial charge is 0.258 e. The van der Waals surface area contributed by atoms with Crippen LogP contribution in [0.25, 0.3) is 0 Å². The molecule has 0 saturated carbocycles. The van der Waals surface area contributed by atoms with Crippen LogP contribution in [-0.2, 0) is 11.3 Å². The van der Waals surface area contributed by atoms with Gasteiger partial charge in [-0.05, 0) is 86.9 Å². The van der Waals surface area contributed by atoms with Crippen LogP contribution in [0.5, 0.6) is 5.75 Å². The fourth-order valence-electron chi connectivity index (χ4n) is 6.27. The highest BCUT2D eigenvalue weighted by atomic mass is 35.5. The number of rotatable bonds is 8. The second kappa shape index (κ2) is 12.2. The molecule has 38 heavy (non-hydrogen) atoms. The summed E-state index contributed by atoms with van der Waals surface area (Å²) in [7, 11) is 0. The Bertz CT molecular complexity index is 1130. The van der Waals surface area contributed by atoms with Crippen LogP contribution < -0.4 is 15.8 Å². The van der Waals surface area contributed by atoms with Crippen LogP contribution in [0.4, 0.5) is 0 Å². The van der Waals surface area contributed by atoms with Gasteiger partial charge in [0, 0.05) is 47.8 Å². The largest absolute Gasteiger partial charge is 0.483 e. The van der Waals surface area contributed by atoms with Crippen molar-refractivity contribution in [1.29, 1.82) is 0 Å². The summed E-state index contributed by atoms with van der Waals surface area (Å²) in [6, 6.07) is 14.1. The molecule has 2 aromatic rings. The molecule has 0 aliphatic carbocycles. The molecule has 4 atom stereocenters. The summed E-state index contributed by atoms with van der Waals surface area (Å²) < 4.78 is 5.88. The van der Waals surface area contributed by atoms with Crippen LogP contribution >= 0.6 is 23.2 Å². The van der Waals surface area contributed by atoms with Gasteiger partial charge in [0.25, 0.3) is 11.8 Å². The van der Waals surface area contributed by atoms with Crippen molar-refractivity contribution in [2.75, 3.05) is 26.2 Å². The Labute approximate surface area is 234 Å². The second-order valence-electron chi connectivity index (χ2n) is 10.8. The minimum Gasteiger partial charge on any atom is -0.483 e. The zero-order valence-electron chi connectivity index (χ0n) is 21.6. The molecule has 2 bridgehead atoms. The zero-order chi connectivity index (χ0) is 26.6. The molecule has 2 unspecified atom stereocenters. The maximum atomic E-state index is 13.3. The van der Waals surface area contributed by atoms with Gasteiger partial charge in [0.2, 0.25) is 0 Å². The molecule has 7 nitrogen and oxygen atoms in total. The van der Waals surface area contributed by atoms with Crippen molar-refractivity contribution in [3.05, 3.63) is 63.6 Å². The summed E-state index contributed by atoms with van der Waals surface area (Å²) in [5.74, 6) is 0.373. The highest BCUT2D eigenvalue weighted by Gasteiger charge is 2.41. The number of hydrogen-bond acceptors (Lipinski definition) is 5. The SMILES string of the molecule is NCC1CCCN(C(=O)c2cc(Cl)ccc2OCC(=O)NC2C[C@H]3CC[C@@H](C2)N3Cc2ccc(Cl)cc2)C1. The van der Waals surface area contributed by atoms with Gasteiger partial charge in [-0.2, -0.15) is 0 Å². The van der Waals surface area contributed by atoms with E-state index >= 15 is 0 Å². The van der Waals surface area contributed by atoms with Gasteiger partial charge in [-0.25, -0.2) is 0 Å². The summed E-state index contributed by atoms with van der Waals surface area (Å²) in [4.78, 5) is 30.5. The average molecular weight is 560 g/mol. The van der Waals surface area contributed by atoms with E-state index < -0.39 is 0 Å². The van der Waals surface area contributed by atoms with E-state index in [1.165, 1.54) is 5.56 Å². The Morgan fingerprint density at radius 3 is 2.42 bits per heavy atom. The molecule has 2 aromatic carbocycles. The van der Waals surface area contributed by atoms with E-state index in [0.717, 1.165) is 50.1 Å². The van der Waals surface area contributed by atoms with Gasteiger partial charge in [-0.15, -0.1) is 0 Å². The maximum Gasteiger partial charge on any atom is 0.258 e. The van der Waals surface area contributed by atoms with Crippen molar-refractivity contribution < 1.29 is 14.3 Å². The number of likely N-dealkylation sites (tertiary alicyclic amines) is 1. The first-order chi connectivity index (χ1) is 18.4. The lowest BCUT2D eigenvalue weighted by Gasteiger charge is -2.39. The molecule has 3 N–H and O–H groups in total. The standard InChI is InChI=1S/C29H36Cl2N4O3/c30-21-5-3-19(4-6-21)17-35-24-8-9-25(35)14-23(13-24)33-28(36)18-38-27-10-7-22(31)12-26(27)29(37)34-11-1-2-20(15-32)16-34/h3-7,10,12,20,23-25H,1-2,8-9,11,13-18,32H2,(H,33,36)/t20?,23?,24-,25+. The minimum absolute atomic E-state index is 0.123. The van der Waals surface area contributed by atoms with Gasteiger partial charge < -0.3 is 20.7 Å². The Hall–Kier alpha value is -2.32. The first kappa shape index (κ1) is 27.3. The summed E-state index contributed by atoms with van der Waals surface area (Å²) >= 11 is 12.3. The van der Waals surface area contributed by atoms with E-state index in [1.54, 1.807) is 18.2 Å². The maximum absolute atomic E-state index is 13.3. The van der Waals surface area contributed by atoms with E-state index in [4.69, 9.17) is 33.7 Å². The highest BCUT2D eigenvalue weighted by molar-refractivity contribution is 6.31. The van der Waals surface area contributed by atoms with Crippen LogP contribution in [-0.4, -0.2) is 66.0 Å². The van der Waals surface area contributed by atoms with E-state index in [9.17, 15) is 9.59 Å². The van der Waals surface area contributed by atoms with Crippen LogP contribution in [0.1, 0.15) is 54.4 Å². The molecule has 204 valence electrons. The Balaban J connectivity index is 1.15. The number of carbonyl (C=O) groups is 2. The van der Waals surface area contributed by atoms with Crippen LogP contribution in [0.3, 0.4) is 0 Å². The monoisotopic (exact) mass is 558 g/mol. The number of hydrogen-bond donors (Lipinski definition) is 2. The van der Waals surface area contributed by atoms with Gasteiger partial charge >= 0.3 is 0 Å². The third kappa shape index (κ3) is 6.45. The van der Waals surface area contributed by atoms with Crippen molar-refractivity contribution in [3.8, 4) is 5.75 Å². The molecule has 0 radical (unpaired) electrons. The molecule has 5 rings (SSSR count). The predicted molar refractivity (Wildman–Crippen MR) is 150 cm³/mol. The Morgan fingerprint density at radius 2 is 1.71 bits per heavy atom. The quantitative estimate of drug-likeness (QED) is 0.498. The zero-order valence-corrected chi connectivity index (χ0v) is 23.1. The lowest BCUT2D eigenvalue weighted by atomic mass is 9.96. The lowest BCUT2D eigenvalue weighted by Crippen LogP contribution is -2.50. The number of amides is 2. The molecular formula is C29H36Cl2N4O3. The first-order valence-corrected chi connectivity index (χ1v) is 14.4. The molecule has 2 amide bonds. The summed E-state index contributed by atoms with van der Waals surface area (Å²) in [6.07, 6.45) is 6.11. The number of nitrogens with one attached hydrogen (secondary N) is 1. The van der Waals surface area contributed by atoms with Gasteiger partial charge in [-0.3, -0.25) is 14.5 Å². The number of nitrogens with zero attached hydrogens (tertiary/aromatic N) is 2. The first-order valence-electron chi connectivity index (χ1n) is 13.6. The molecular weight excluding hydrogens is 523 g/mol. The third-order valence-electron chi connectivity index (χ3n) is 8.20. The fourth-order valence-corrected chi connectivity index (χ4v) is 6.57. The molecule has 0 aromatic heterocycles. The number of benzene rings is 2. The van der Waals surface area contributed by atoms with E-state index in [2.05, 4.69) is 22.3 Å². The van der Waals surface area contributed by atoms with E-state index in [-0.39, 0.29) is 24.5 Å². The van der Waals surface area contributed by atoms with E-state index in [1.807, 2.05) is 17.0 Å². The number of piperidine rings is 2. The summed E-state index contributed by atoms with van der Waals surface area (Å²) in [5.41, 5.74) is 7.50. The van der Waals surface area contributed by atoms with Crippen molar-refractivity contribution in [2.45, 2.75) is 63.2 Å². The second-order valence-corrected chi connectivity index (χ2v) is 11.7. The molecule has 3 heterocycles.